The Hall–Kier alpha value is -2.46. The van der Waals surface area contributed by atoms with Gasteiger partial charge in [-0.3, -0.25) is 4.79 Å². The number of carbonyl (C=O) groups excluding carboxylic acids is 2. The third-order valence-electron chi connectivity index (χ3n) is 3.70. The molecule has 1 aliphatic heterocycles. The van der Waals surface area contributed by atoms with Crippen molar-refractivity contribution in [2.24, 2.45) is 5.10 Å². The number of hydrogen-bond acceptors (Lipinski definition) is 7. The Kier molecular flexibility index (Phi) is 5.35. The standard InChI is InChI=1S/C17H23N3O6S/c1-16(2,3)25-15(22)19-26-17(4)13(18-20(5)14(17)21)11-7-9-12(10-8-11)27(6,23)24/h7-10H,1-6H3,(H,19,22). The Bertz CT molecular complexity index is 886. The van der Waals surface area contributed by atoms with Crippen molar-refractivity contribution >= 4 is 27.5 Å². The number of hydrogen-bond donors (Lipinski definition) is 1. The number of ether oxygens (including phenoxy) is 1. The Balaban J connectivity index is 2.27. The van der Waals surface area contributed by atoms with E-state index in [9.17, 15) is 18.0 Å². The minimum absolute atomic E-state index is 0.138. The Morgan fingerprint density at radius 2 is 1.78 bits per heavy atom. The Labute approximate surface area is 158 Å². The van der Waals surface area contributed by atoms with E-state index in [0.29, 0.717) is 5.56 Å². The zero-order chi connectivity index (χ0) is 20.6. The average molecular weight is 397 g/mol. The summed E-state index contributed by atoms with van der Waals surface area (Å²) >= 11 is 0. The predicted molar refractivity (Wildman–Crippen MR) is 97.7 cm³/mol. The maximum absolute atomic E-state index is 12.5. The second kappa shape index (κ2) is 6.93. The topological polar surface area (TPSA) is 114 Å². The van der Waals surface area contributed by atoms with Gasteiger partial charge in [-0.1, -0.05) is 12.1 Å². The summed E-state index contributed by atoms with van der Waals surface area (Å²) in [6, 6.07) is 5.88. The van der Waals surface area contributed by atoms with Crippen molar-refractivity contribution in [2.75, 3.05) is 13.3 Å². The molecule has 0 saturated carbocycles. The van der Waals surface area contributed by atoms with Gasteiger partial charge in [-0.25, -0.2) is 23.1 Å². The Morgan fingerprint density at radius 1 is 1.22 bits per heavy atom. The van der Waals surface area contributed by atoms with Crippen LogP contribution in [0.3, 0.4) is 0 Å². The summed E-state index contributed by atoms with van der Waals surface area (Å²) in [6.07, 6.45) is 0.252. The summed E-state index contributed by atoms with van der Waals surface area (Å²) in [6.45, 7) is 6.54. The van der Waals surface area contributed by atoms with Gasteiger partial charge < -0.3 is 4.74 Å². The minimum Gasteiger partial charge on any atom is -0.442 e. The van der Waals surface area contributed by atoms with Crippen LogP contribution in [0.5, 0.6) is 0 Å². The number of amides is 2. The molecule has 2 rings (SSSR count). The molecule has 0 radical (unpaired) electrons. The number of carbonyl (C=O) groups is 2. The van der Waals surface area contributed by atoms with Crippen molar-refractivity contribution in [3.63, 3.8) is 0 Å². The number of rotatable bonds is 4. The van der Waals surface area contributed by atoms with Gasteiger partial charge in [0, 0.05) is 18.9 Å². The minimum atomic E-state index is -3.35. The molecular weight excluding hydrogens is 374 g/mol. The van der Waals surface area contributed by atoms with Crippen molar-refractivity contribution in [3.8, 4) is 0 Å². The van der Waals surface area contributed by atoms with Gasteiger partial charge in [0.1, 0.15) is 11.3 Å². The molecular formula is C17H23N3O6S. The third kappa shape index (κ3) is 4.64. The zero-order valence-corrected chi connectivity index (χ0v) is 16.9. The summed E-state index contributed by atoms with van der Waals surface area (Å²) in [5, 5.41) is 5.27. The second-order valence-electron chi connectivity index (χ2n) is 7.31. The van der Waals surface area contributed by atoms with Gasteiger partial charge in [0.05, 0.1) is 4.90 Å². The number of sulfone groups is 1. The van der Waals surface area contributed by atoms with Crippen LogP contribution in [0.15, 0.2) is 34.3 Å². The average Bonchev–Trinajstić information content (AvgIpc) is 2.76. The highest BCUT2D eigenvalue weighted by atomic mass is 32.2. The molecule has 1 unspecified atom stereocenters. The molecule has 1 aromatic rings. The lowest BCUT2D eigenvalue weighted by molar-refractivity contribution is -0.149. The van der Waals surface area contributed by atoms with Gasteiger partial charge in [-0.2, -0.15) is 10.6 Å². The number of benzene rings is 1. The molecule has 1 heterocycles. The maximum atomic E-state index is 12.5. The molecule has 1 N–H and O–H groups in total. The third-order valence-corrected chi connectivity index (χ3v) is 4.83. The van der Waals surface area contributed by atoms with E-state index in [1.807, 2.05) is 0 Å². The van der Waals surface area contributed by atoms with E-state index in [4.69, 9.17) is 9.57 Å². The molecule has 2 amide bonds. The first-order valence-corrected chi connectivity index (χ1v) is 9.98. The van der Waals surface area contributed by atoms with Crippen LogP contribution in [0, 0.1) is 0 Å². The van der Waals surface area contributed by atoms with Crippen molar-refractivity contribution < 1.29 is 27.6 Å². The van der Waals surface area contributed by atoms with Crippen LogP contribution >= 0.6 is 0 Å². The number of nitrogens with zero attached hydrogens (tertiary/aromatic N) is 2. The van der Waals surface area contributed by atoms with Crippen LogP contribution in [0.1, 0.15) is 33.3 Å². The number of hydrazone groups is 1. The molecule has 1 aliphatic rings. The number of nitrogens with one attached hydrogen (secondary N) is 1. The number of likely N-dealkylation sites (N-methyl/N-ethyl adjacent to an activating group) is 1. The lowest BCUT2D eigenvalue weighted by Crippen LogP contribution is -2.50. The van der Waals surface area contributed by atoms with E-state index in [-0.39, 0.29) is 10.6 Å². The van der Waals surface area contributed by atoms with E-state index in [0.717, 1.165) is 11.3 Å². The van der Waals surface area contributed by atoms with Crippen LogP contribution in [0.25, 0.3) is 0 Å². The second-order valence-corrected chi connectivity index (χ2v) is 9.33. The fourth-order valence-corrected chi connectivity index (χ4v) is 3.06. The largest absolute Gasteiger partial charge is 0.442 e. The predicted octanol–water partition coefficient (Wildman–Crippen LogP) is 1.48. The van der Waals surface area contributed by atoms with Crippen LogP contribution in [-0.4, -0.2) is 55.6 Å². The van der Waals surface area contributed by atoms with E-state index in [1.165, 1.54) is 38.2 Å². The molecule has 9 nitrogen and oxygen atoms in total. The summed E-state index contributed by atoms with van der Waals surface area (Å²) < 4.78 is 28.3. The lowest BCUT2D eigenvalue weighted by atomic mass is 9.94. The van der Waals surface area contributed by atoms with E-state index in [1.54, 1.807) is 20.8 Å². The normalized spacial score (nSPS) is 20.4. The van der Waals surface area contributed by atoms with Crippen molar-refractivity contribution in [1.82, 2.24) is 10.5 Å². The quantitative estimate of drug-likeness (QED) is 0.770. The summed E-state index contributed by atoms with van der Waals surface area (Å²) in [7, 11) is -1.90. The molecule has 1 aromatic carbocycles. The molecule has 1 atom stereocenters. The molecule has 27 heavy (non-hydrogen) atoms. The molecule has 0 aliphatic carbocycles. The SMILES string of the molecule is CN1N=C(c2ccc(S(C)(=O)=O)cc2)C(C)(ONC(=O)OC(C)(C)C)C1=O. The van der Waals surface area contributed by atoms with Crippen molar-refractivity contribution in [3.05, 3.63) is 29.8 Å². The fourth-order valence-electron chi connectivity index (χ4n) is 2.43. The first-order valence-electron chi connectivity index (χ1n) is 8.09. The Morgan fingerprint density at radius 3 is 2.26 bits per heavy atom. The van der Waals surface area contributed by atoms with Gasteiger partial charge in [-0.05, 0) is 39.8 Å². The van der Waals surface area contributed by atoms with Gasteiger partial charge in [0.15, 0.2) is 9.84 Å². The first kappa shape index (κ1) is 20.8. The van der Waals surface area contributed by atoms with Crippen LogP contribution in [0.4, 0.5) is 4.79 Å². The first-order chi connectivity index (χ1) is 12.2. The molecule has 0 fully saturated rings. The van der Waals surface area contributed by atoms with Crippen molar-refractivity contribution in [1.29, 1.82) is 0 Å². The molecule has 0 saturated heterocycles. The van der Waals surface area contributed by atoms with E-state index < -0.39 is 33.0 Å². The van der Waals surface area contributed by atoms with Crippen molar-refractivity contribution in [2.45, 2.75) is 43.8 Å². The zero-order valence-electron chi connectivity index (χ0n) is 16.1. The van der Waals surface area contributed by atoms with Gasteiger partial charge in [0.25, 0.3) is 5.91 Å². The molecule has 0 spiro atoms. The smallest absolute Gasteiger partial charge is 0.431 e. The number of hydroxylamine groups is 1. The summed E-state index contributed by atoms with van der Waals surface area (Å²) in [5.74, 6) is -0.499. The maximum Gasteiger partial charge on any atom is 0.431 e. The highest BCUT2D eigenvalue weighted by Crippen LogP contribution is 2.27. The monoisotopic (exact) mass is 397 g/mol. The van der Waals surface area contributed by atoms with Gasteiger partial charge >= 0.3 is 6.09 Å². The van der Waals surface area contributed by atoms with E-state index in [2.05, 4.69) is 10.6 Å². The highest BCUT2D eigenvalue weighted by Gasteiger charge is 2.49. The van der Waals surface area contributed by atoms with Crippen LogP contribution in [-0.2, 0) is 24.2 Å². The molecule has 10 heteroatoms. The van der Waals surface area contributed by atoms with Gasteiger partial charge in [-0.15, -0.1) is 0 Å². The molecule has 0 bridgehead atoms. The fraction of sp³-hybridized carbons (Fsp3) is 0.471. The summed E-state index contributed by atoms with van der Waals surface area (Å²) in [4.78, 5) is 29.9. The van der Waals surface area contributed by atoms with E-state index >= 15 is 0 Å². The highest BCUT2D eigenvalue weighted by molar-refractivity contribution is 7.90. The molecule has 0 aromatic heterocycles. The van der Waals surface area contributed by atoms with Crippen LogP contribution < -0.4 is 5.48 Å². The lowest BCUT2D eigenvalue weighted by Gasteiger charge is -2.25. The van der Waals surface area contributed by atoms with Crippen LogP contribution in [0.2, 0.25) is 0 Å². The van der Waals surface area contributed by atoms with Gasteiger partial charge in [0.2, 0.25) is 5.60 Å². The molecule has 148 valence electrons. The summed E-state index contributed by atoms with van der Waals surface area (Å²) in [5.41, 5.74) is 0.499.